The first kappa shape index (κ1) is 16.4. The molecule has 0 bridgehead atoms. The Labute approximate surface area is 128 Å². The molecule has 0 spiro atoms. The standard InChI is InChI=1S/C13H11F2NO3.C3H8/c14-8-3-7-1-2-9(5-10(7)11(15)4-8)16-6-12(17)19-13(16)18;1-3-2/h3-4,9H,1-2,5-6H2;3H2,1-2H3. The minimum absolute atomic E-state index is 0.0956. The molecule has 0 radical (unpaired) electrons. The molecule has 0 saturated carbocycles. The zero-order chi connectivity index (χ0) is 16.3. The number of carbonyl (C=O) groups is 2. The molecule has 1 fully saturated rings. The van der Waals surface area contributed by atoms with Crippen LogP contribution in [0, 0.1) is 11.6 Å². The van der Waals surface area contributed by atoms with Gasteiger partial charge in [0.2, 0.25) is 0 Å². The Hall–Kier alpha value is -1.98. The number of hydrogen-bond donors (Lipinski definition) is 0. The van der Waals surface area contributed by atoms with Gasteiger partial charge in [-0.3, -0.25) is 4.90 Å². The molecule has 1 aromatic carbocycles. The van der Waals surface area contributed by atoms with E-state index in [-0.39, 0.29) is 19.0 Å². The van der Waals surface area contributed by atoms with Crippen LogP contribution in [-0.2, 0) is 22.4 Å². The summed E-state index contributed by atoms with van der Waals surface area (Å²) in [5.41, 5.74) is 1.05. The van der Waals surface area contributed by atoms with Gasteiger partial charge >= 0.3 is 12.1 Å². The highest BCUT2D eigenvalue weighted by Crippen LogP contribution is 2.29. The second-order valence-electron chi connectivity index (χ2n) is 5.50. The summed E-state index contributed by atoms with van der Waals surface area (Å²) >= 11 is 0. The molecule has 0 aromatic heterocycles. The van der Waals surface area contributed by atoms with Crippen molar-refractivity contribution >= 4 is 12.1 Å². The number of esters is 1. The van der Waals surface area contributed by atoms with Gasteiger partial charge in [0.15, 0.2) is 0 Å². The number of nitrogens with zero attached hydrogens (tertiary/aromatic N) is 1. The third-order valence-electron chi connectivity index (χ3n) is 3.62. The van der Waals surface area contributed by atoms with E-state index < -0.39 is 23.7 Å². The zero-order valence-electron chi connectivity index (χ0n) is 12.7. The molecule has 1 aromatic rings. The van der Waals surface area contributed by atoms with Crippen LogP contribution >= 0.6 is 0 Å². The average Bonchev–Trinajstić information content (AvgIpc) is 2.78. The monoisotopic (exact) mass is 311 g/mol. The molecular weight excluding hydrogens is 292 g/mol. The van der Waals surface area contributed by atoms with Gasteiger partial charge in [-0.1, -0.05) is 20.3 Å². The molecule has 1 atom stereocenters. The summed E-state index contributed by atoms with van der Waals surface area (Å²) in [5, 5.41) is 0. The molecule has 6 heteroatoms. The van der Waals surface area contributed by atoms with Crippen molar-refractivity contribution in [3.05, 3.63) is 34.9 Å². The molecule has 0 N–H and O–H groups in total. The third-order valence-corrected chi connectivity index (χ3v) is 3.62. The Bertz CT molecular complexity index is 589. The van der Waals surface area contributed by atoms with Crippen LogP contribution in [0.3, 0.4) is 0 Å². The third kappa shape index (κ3) is 3.43. The molecule has 1 aliphatic heterocycles. The van der Waals surface area contributed by atoms with Crippen LogP contribution in [0.2, 0.25) is 0 Å². The van der Waals surface area contributed by atoms with E-state index in [0.717, 1.165) is 6.07 Å². The van der Waals surface area contributed by atoms with E-state index in [1.54, 1.807) is 0 Å². The van der Waals surface area contributed by atoms with E-state index in [2.05, 4.69) is 18.6 Å². The number of cyclic esters (lactones) is 2. The van der Waals surface area contributed by atoms with Gasteiger partial charge in [0, 0.05) is 12.1 Å². The van der Waals surface area contributed by atoms with Crippen LogP contribution < -0.4 is 0 Å². The van der Waals surface area contributed by atoms with Gasteiger partial charge in [0.05, 0.1) is 0 Å². The van der Waals surface area contributed by atoms with Crippen molar-refractivity contribution < 1.29 is 23.1 Å². The Balaban J connectivity index is 0.000000545. The number of aryl methyl sites for hydroxylation is 1. The molecular formula is C16H19F2NO3. The second-order valence-corrected chi connectivity index (χ2v) is 5.50. The Morgan fingerprint density at radius 1 is 1.27 bits per heavy atom. The normalized spacial score (nSPS) is 20.2. The summed E-state index contributed by atoms with van der Waals surface area (Å²) in [7, 11) is 0. The number of carbonyl (C=O) groups excluding carboxylic acids is 2. The molecule has 1 saturated heterocycles. The average molecular weight is 311 g/mol. The summed E-state index contributed by atoms with van der Waals surface area (Å²) in [5.74, 6) is -1.78. The Morgan fingerprint density at radius 3 is 2.55 bits per heavy atom. The van der Waals surface area contributed by atoms with E-state index in [1.165, 1.54) is 17.4 Å². The van der Waals surface area contributed by atoms with Gasteiger partial charge in [0.25, 0.3) is 0 Å². The second kappa shape index (κ2) is 6.85. The van der Waals surface area contributed by atoms with E-state index in [9.17, 15) is 18.4 Å². The Morgan fingerprint density at radius 2 is 1.95 bits per heavy atom. The van der Waals surface area contributed by atoms with E-state index in [0.29, 0.717) is 24.0 Å². The van der Waals surface area contributed by atoms with Crippen molar-refractivity contribution in [2.75, 3.05) is 6.54 Å². The lowest BCUT2D eigenvalue weighted by Crippen LogP contribution is -2.40. The minimum Gasteiger partial charge on any atom is -0.375 e. The number of benzene rings is 1. The summed E-state index contributed by atoms with van der Waals surface area (Å²) in [4.78, 5) is 23.8. The Kier molecular flexibility index (Phi) is 5.11. The SMILES string of the molecule is CCC.O=C1CN(C2CCc3cc(F)cc(F)c3C2)C(=O)O1. The highest BCUT2D eigenvalue weighted by molar-refractivity contribution is 5.93. The van der Waals surface area contributed by atoms with E-state index >= 15 is 0 Å². The van der Waals surface area contributed by atoms with E-state index in [1.807, 2.05) is 0 Å². The lowest BCUT2D eigenvalue weighted by atomic mass is 9.87. The highest BCUT2D eigenvalue weighted by atomic mass is 19.1. The first-order valence-corrected chi connectivity index (χ1v) is 7.44. The van der Waals surface area contributed by atoms with E-state index in [4.69, 9.17) is 0 Å². The predicted octanol–water partition coefficient (Wildman–Crippen LogP) is 3.22. The fourth-order valence-electron chi connectivity index (χ4n) is 2.70. The quantitative estimate of drug-likeness (QED) is 0.591. The van der Waals surface area contributed by atoms with Gasteiger partial charge in [-0.15, -0.1) is 0 Å². The molecule has 120 valence electrons. The van der Waals surface area contributed by atoms with Crippen molar-refractivity contribution in [2.24, 2.45) is 0 Å². The molecule has 4 nitrogen and oxygen atoms in total. The summed E-state index contributed by atoms with van der Waals surface area (Å²) < 4.78 is 31.3. The zero-order valence-corrected chi connectivity index (χ0v) is 12.7. The van der Waals surface area contributed by atoms with Gasteiger partial charge in [-0.25, -0.2) is 18.4 Å². The van der Waals surface area contributed by atoms with Crippen molar-refractivity contribution in [2.45, 2.75) is 45.6 Å². The number of amides is 1. The fourth-order valence-corrected chi connectivity index (χ4v) is 2.70. The van der Waals surface area contributed by atoms with Gasteiger partial charge in [0.1, 0.15) is 18.2 Å². The number of halogens is 2. The van der Waals surface area contributed by atoms with Crippen LogP contribution in [0.1, 0.15) is 37.8 Å². The lowest BCUT2D eigenvalue weighted by molar-refractivity contribution is -0.133. The molecule has 22 heavy (non-hydrogen) atoms. The van der Waals surface area contributed by atoms with Crippen molar-refractivity contribution in [3.63, 3.8) is 0 Å². The summed E-state index contributed by atoms with van der Waals surface area (Å²) in [6.07, 6.45) is 1.90. The molecule has 3 rings (SSSR count). The van der Waals surface area contributed by atoms with Crippen LogP contribution in [0.25, 0.3) is 0 Å². The highest BCUT2D eigenvalue weighted by Gasteiger charge is 2.37. The summed E-state index contributed by atoms with van der Waals surface area (Å²) in [6, 6.07) is 1.89. The largest absolute Gasteiger partial charge is 0.418 e. The molecule has 1 heterocycles. The molecule has 2 aliphatic rings. The van der Waals surface area contributed by atoms with Crippen LogP contribution in [-0.4, -0.2) is 29.5 Å². The smallest absolute Gasteiger partial charge is 0.375 e. The van der Waals surface area contributed by atoms with Crippen LogP contribution in [0.5, 0.6) is 0 Å². The molecule has 1 aliphatic carbocycles. The molecule has 1 unspecified atom stereocenters. The maximum absolute atomic E-state index is 13.7. The first-order chi connectivity index (χ1) is 10.5. The number of ether oxygens (including phenoxy) is 1. The van der Waals surface area contributed by atoms with Gasteiger partial charge in [-0.05, 0) is 36.5 Å². The van der Waals surface area contributed by atoms with Crippen molar-refractivity contribution in [1.29, 1.82) is 0 Å². The first-order valence-electron chi connectivity index (χ1n) is 7.44. The van der Waals surface area contributed by atoms with Gasteiger partial charge < -0.3 is 4.74 Å². The number of rotatable bonds is 1. The lowest BCUT2D eigenvalue weighted by Gasteiger charge is -2.30. The van der Waals surface area contributed by atoms with Gasteiger partial charge in [-0.2, -0.15) is 0 Å². The maximum atomic E-state index is 13.7. The minimum atomic E-state index is -0.680. The number of hydrogen-bond acceptors (Lipinski definition) is 3. The van der Waals surface area contributed by atoms with Crippen LogP contribution in [0.15, 0.2) is 12.1 Å². The predicted molar refractivity (Wildman–Crippen MR) is 76.3 cm³/mol. The van der Waals surface area contributed by atoms with Crippen LogP contribution in [0.4, 0.5) is 13.6 Å². The summed E-state index contributed by atoms with van der Waals surface area (Å²) in [6.45, 7) is 4.15. The van der Waals surface area contributed by atoms with Crippen molar-refractivity contribution in [1.82, 2.24) is 4.90 Å². The van der Waals surface area contributed by atoms with Crippen molar-refractivity contribution in [3.8, 4) is 0 Å². The topological polar surface area (TPSA) is 46.6 Å². The number of fused-ring (bicyclic) bond motifs is 1. The fraction of sp³-hybridized carbons (Fsp3) is 0.500. The molecule has 1 amide bonds. The maximum Gasteiger partial charge on any atom is 0.418 e.